The number of phenolic OH excluding ortho intramolecular Hbond substituents is 3. The Morgan fingerprint density at radius 3 is 1.03 bits per heavy atom. The lowest BCUT2D eigenvalue weighted by atomic mass is 10.0. The minimum absolute atomic E-state index is 0.00218. The standard InChI is InChI=1S/C45H61N7O13/c1-2-3-4-44(62)52-45(29-63-26-20-38(56)46-23-17-41(59)49-32-5-11-35(53)12-6-32,30-64-27-21-39(57)47-24-18-42(60)50-33-7-13-36(54)14-8-33)31-65-28-22-40(58)48-25-19-43(61)51-34-9-15-37(55)16-10-34/h5-16,53-55H,2-4,17-31H2,1H3,(H,46,56)(H,47,57)(H,48,58)(H,49,59)(H,50,60)(H,51,61)(H,52,62). The number of rotatable bonds is 31. The molecule has 20 nitrogen and oxygen atoms in total. The minimum Gasteiger partial charge on any atom is -0.508 e. The van der Waals surface area contributed by atoms with E-state index in [9.17, 15) is 48.9 Å². The number of ether oxygens (including phenoxy) is 3. The monoisotopic (exact) mass is 907 g/mol. The Morgan fingerprint density at radius 1 is 0.431 bits per heavy atom. The van der Waals surface area contributed by atoms with Crippen LogP contribution >= 0.6 is 0 Å². The number of aromatic hydroxyl groups is 3. The Labute approximate surface area is 377 Å². The van der Waals surface area contributed by atoms with Gasteiger partial charge in [-0.15, -0.1) is 0 Å². The Hall–Kier alpha value is -6.77. The SMILES string of the molecule is CCCCC(=O)NC(COCCC(=O)NCCC(=O)Nc1ccc(O)cc1)(COCCC(=O)NCCC(=O)Nc1ccc(O)cc1)COCCC(=O)NCCC(=O)Nc1ccc(O)cc1. The van der Waals surface area contributed by atoms with Crippen molar-refractivity contribution in [2.24, 2.45) is 0 Å². The van der Waals surface area contributed by atoms with Gasteiger partial charge in [-0.05, 0) is 79.2 Å². The van der Waals surface area contributed by atoms with Crippen LogP contribution in [0.4, 0.5) is 17.1 Å². The van der Waals surface area contributed by atoms with E-state index in [0.29, 0.717) is 23.5 Å². The zero-order chi connectivity index (χ0) is 47.3. The van der Waals surface area contributed by atoms with Crippen LogP contribution in [0, 0.1) is 0 Å². The van der Waals surface area contributed by atoms with Gasteiger partial charge in [-0.2, -0.15) is 0 Å². The highest BCUT2D eigenvalue weighted by atomic mass is 16.5. The van der Waals surface area contributed by atoms with Gasteiger partial charge in [0, 0.05) is 81.6 Å². The molecule has 7 amide bonds. The van der Waals surface area contributed by atoms with Crippen LogP contribution in [0.5, 0.6) is 17.2 Å². The molecule has 65 heavy (non-hydrogen) atoms. The molecule has 20 heteroatoms. The summed E-state index contributed by atoms with van der Waals surface area (Å²) in [5.41, 5.74) is 0.157. The lowest BCUT2D eigenvalue weighted by Gasteiger charge is -2.34. The highest BCUT2D eigenvalue weighted by Crippen LogP contribution is 2.16. The van der Waals surface area contributed by atoms with E-state index in [-0.39, 0.29) is 163 Å². The highest BCUT2D eigenvalue weighted by molar-refractivity contribution is 5.92. The number of amides is 7. The average molecular weight is 908 g/mol. The zero-order valence-corrected chi connectivity index (χ0v) is 36.6. The summed E-state index contributed by atoms with van der Waals surface area (Å²) in [6, 6.07) is 17.9. The van der Waals surface area contributed by atoms with Gasteiger partial charge in [0.25, 0.3) is 0 Å². The minimum atomic E-state index is -1.32. The Kier molecular flexibility index (Phi) is 23.9. The molecule has 0 heterocycles. The molecular weight excluding hydrogens is 847 g/mol. The lowest BCUT2D eigenvalue weighted by molar-refractivity contribution is -0.130. The normalized spacial score (nSPS) is 10.9. The molecule has 0 aliphatic carbocycles. The fourth-order valence-corrected chi connectivity index (χ4v) is 5.74. The van der Waals surface area contributed by atoms with Crippen LogP contribution < -0.4 is 37.2 Å². The molecule has 0 aliphatic heterocycles. The third-order valence-corrected chi connectivity index (χ3v) is 9.19. The molecule has 0 spiro atoms. The van der Waals surface area contributed by atoms with Crippen LogP contribution in [0.3, 0.4) is 0 Å². The van der Waals surface area contributed by atoms with Crippen LogP contribution in [0.2, 0.25) is 0 Å². The molecular formula is C45H61N7O13. The molecule has 0 aromatic heterocycles. The second kappa shape index (κ2) is 29.6. The van der Waals surface area contributed by atoms with Crippen molar-refractivity contribution in [3.05, 3.63) is 72.8 Å². The fourth-order valence-electron chi connectivity index (χ4n) is 5.74. The first kappa shape index (κ1) is 52.6. The second-order valence-electron chi connectivity index (χ2n) is 14.9. The van der Waals surface area contributed by atoms with Gasteiger partial charge in [-0.1, -0.05) is 13.3 Å². The van der Waals surface area contributed by atoms with Crippen molar-refractivity contribution in [3.63, 3.8) is 0 Å². The number of anilines is 3. The molecule has 3 aromatic carbocycles. The summed E-state index contributed by atoms with van der Waals surface area (Å²) in [4.78, 5) is 87.8. The third kappa shape index (κ3) is 23.5. The van der Waals surface area contributed by atoms with E-state index in [2.05, 4.69) is 37.2 Å². The van der Waals surface area contributed by atoms with E-state index in [1.165, 1.54) is 36.4 Å². The zero-order valence-electron chi connectivity index (χ0n) is 36.6. The Balaban J connectivity index is 1.52. The van der Waals surface area contributed by atoms with E-state index in [0.717, 1.165) is 6.42 Å². The van der Waals surface area contributed by atoms with Gasteiger partial charge in [0.2, 0.25) is 41.4 Å². The summed E-state index contributed by atoms with van der Waals surface area (Å²) in [5, 5.41) is 47.2. The van der Waals surface area contributed by atoms with Crippen LogP contribution in [0.1, 0.15) is 64.7 Å². The molecule has 10 N–H and O–H groups in total. The molecule has 3 aromatic rings. The number of hydrogen-bond acceptors (Lipinski definition) is 13. The third-order valence-electron chi connectivity index (χ3n) is 9.19. The quantitative estimate of drug-likeness (QED) is 0.0329. The summed E-state index contributed by atoms with van der Waals surface area (Å²) in [6.07, 6.45) is 1.28. The van der Waals surface area contributed by atoms with E-state index >= 15 is 0 Å². The number of carbonyl (C=O) groups is 7. The Bertz CT molecular complexity index is 1760. The van der Waals surface area contributed by atoms with Gasteiger partial charge in [0.05, 0.1) is 39.6 Å². The highest BCUT2D eigenvalue weighted by Gasteiger charge is 2.34. The number of nitrogens with one attached hydrogen (secondary N) is 7. The van der Waals surface area contributed by atoms with E-state index in [1.54, 1.807) is 36.4 Å². The van der Waals surface area contributed by atoms with Crippen LogP contribution in [0.25, 0.3) is 0 Å². The molecule has 0 unspecified atom stereocenters. The van der Waals surface area contributed by atoms with Crippen LogP contribution in [0.15, 0.2) is 72.8 Å². The predicted molar refractivity (Wildman–Crippen MR) is 240 cm³/mol. The molecule has 0 saturated carbocycles. The van der Waals surface area contributed by atoms with Crippen LogP contribution in [-0.2, 0) is 47.8 Å². The van der Waals surface area contributed by atoms with E-state index in [1.807, 2.05) is 6.92 Å². The number of hydrogen-bond donors (Lipinski definition) is 10. The van der Waals surface area contributed by atoms with Gasteiger partial charge in [0.15, 0.2) is 0 Å². The molecule has 354 valence electrons. The summed E-state index contributed by atoms with van der Waals surface area (Å²) < 4.78 is 17.7. The van der Waals surface area contributed by atoms with Gasteiger partial charge in [-0.25, -0.2) is 0 Å². The number of phenols is 3. The summed E-state index contributed by atoms with van der Waals surface area (Å²) in [7, 11) is 0. The van der Waals surface area contributed by atoms with Gasteiger partial charge >= 0.3 is 0 Å². The molecule has 0 saturated heterocycles. The molecule has 0 bridgehead atoms. The van der Waals surface area contributed by atoms with E-state index in [4.69, 9.17) is 14.2 Å². The smallest absolute Gasteiger partial charge is 0.226 e. The maximum Gasteiger partial charge on any atom is 0.226 e. The number of benzene rings is 3. The maximum absolute atomic E-state index is 13.1. The lowest BCUT2D eigenvalue weighted by Crippen LogP contribution is -2.58. The van der Waals surface area contributed by atoms with Gasteiger partial charge < -0.3 is 66.7 Å². The maximum atomic E-state index is 13.1. The molecule has 0 fully saturated rings. The van der Waals surface area contributed by atoms with Gasteiger partial charge in [-0.3, -0.25) is 33.6 Å². The predicted octanol–water partition coefficient (Wildman–Crippen LogP) is 2.80. The molecule has 0 radical (unpaired) electrons. The summed E-state index contributed by atoms with van der Waals surface area (Å²) in [5.74, 6) is -2.33. The van der Waals surface area contributed by atoms with Crippen molar-refractivity contribution in [1.29, 1.82) is 0 Å². The second-order valence-corrected chi connectivity index (χ2v) is 14.9. The number of unbranched alkanes of at least 4 members (excludes halogenated alkanes) is 1. The summed E-state index contributed by atoms with van der Waals surface area (Å²) in [6.45, 7) is 1.32. The van der Waals surface area contributed by atoms with E-state index < -0.39 is 5.54 Å². The first-order valence-corrected chi connectivity index (χ1v) is 21.3. The van der Waals surface area contributed by atoms with Crippen molar-refractivity contribution in [1.82, 2.24) is 21.3 Å². The first-order valence-electron chi connectivity index (χ1n) is 21.3. The average Bonchev–Trinajstić information content (AvgIpc) is 3.27. The summed E-state index contributed by atoms with van der Waals surface area (Å²) >= 11 is 0. The van der Waals surface area contributed by atoms with Crippen molar-refractivity contribution < 1.29 is 63.1 Å². The van der Waals surface area contributed by atoms with Crippen molar-refractivity contribution in [2.75, 3.05) is 75.2 Å². The van der Waals surface area contributed by atoms with Crippen molar-refractivity contribution in [3.8, 4) is 17.2 Å². The molecule has 0 aliphatic rings. The topological polar surface area (TPSA) is 292 Å². The number of carbonyl (C=O) groups excluding carboxylic acids is 7. The van der Waals surface area contributed by atoms with Crippen LogP contribution in [-0.4, -0.2) is 121 Å². The van der Waals surface area contributed by atoms with Gasteiger partial charge in [0.1, 0.15) is 22.8 Å². The van der Waals surface area contributed by atoms with Crippen molar-refractivity contribution >= 4 is 58.4 Å². The fraction of sp³-hybridized carbons (Fsp3) is 0.444. The first-order chi connectivity index (χ1) is 31.2. The Morgan fingerprint density at radius 2 is 0.738 bits per heavy atom. The molecule has 3 rings (SSSR count). The molecule has 0 atom stereocenters. The largest absolute Gasteiger partial charge is 0.508 e. The van der Waals surface area contributed by atoms with Crippen molar-refractivity contribution in [2.45, 2.75) is 70.3 Å².